The molecule has 3 heterocycles. The Kier molecular flexibility index (Phi) is 5.56. The molecule has 0 fully saturated rings. The van der Waals surface area contributed by atoms with E-state index in [2.05, 4.69) is 37.7 Å². The Morgan fingerprint density at radius 3 is 2.04 bits per heavy atom. The summed E-state index contributed by atoms with van der Waals surface area (Å²) in [6.07, 6.45) is 5.05. The summed E-state index contributed by atoms with van der Waals surface area (Å²) in [5, 5.41) is 1.93. The zero-order valence-electron chi connectivity index (χ0n) is 44.1. The highest BCUT2D eigenvalue weighted by Crippen LogP contribution is 2.37. The second-order valence-corrected chi connectivity index (χ2v) is 14.5. The number of para-hydroxylation sites is 4. The minimum Gasteiger partial charge on any atom is -0.458 e. The monoisotopic (exact) mass is 749 g/mol. The predicted molar refractivity (Wildman–Crippen MR) is 232 cm³/mol. The van der Waals surface area contributed by atoms with Crippen LogP contribution in [0.3, 0.4) is 0 Å². The van der Waals surface area contributed by atoms with Crippen LogP contribution in [0.15, 0.2) is 188 Å². The number of hydrogen-bond donors (Lipinski definition) is 0. The van der Waals surface area contributed by atoms with Crippen molar-refractivity contribution < 1.29 is 27.1 Å². The van der Waals surface area contributed by atoms with Gasteiger partial charge < -0.3 is 4.74 Å². The standard InChI is InChI=1S/C52H40N4O/c1-52(2,3)38-30-31-53-50(32-38)56-46-25-11-10-22-44(46)45-29-28-41(34-49(45)56)57-40-21-14-20-39(33-40)54-35-55(48-27-13-12-26-47(48)54)51-42(36-16-6-4-7-17-36)23-15-24-43(51)37-18-8-5-9-19-37/h4-34H,1-3H3/i4D,5D,6D,7D,8D,9D,14D,16D,17D,18D,19D,20D,21D. The topological polar surface area (TPSA) is 35.9 Å². The smallest absolute Gasteiger partial charge is 0.269 e. The molecular weight excluding hydrogens is 697 g/mol. The lowest BCUT2D eigenvalue weighted by atomic mass is 9.88. The summed E-state index contributed by atoms with van der Waals surface area (Å²) in [5.74, 6) is 0.993. The normalized spacial score (nSPS) is 15.0. The molecule has 10 aromatic rings. The average molecular weight is 750 g/mol. The van der Waals surface area contributed by atoms with Crippen LogP contribution in [0.25, 0.3) is 72.3 Å². The van der Waals surface area contributed by atoms with Crippen molar-refractivity contribution in [1.82, 2.24) is 14.1 Å². The number of aromatic nitrogens is 4. The lowest BCUT2D eigenvalue weighted by Crippen LogP contribution is -2.31. The van der Waals surface area contributed by atoms with Gasteiger partial charge in [0.1, 0.15) is 17.3 Å². The molecular formula is C52H40N4O. The number of nitrogens with zero attached hydrogens (tertiary/aromatic N) is 4. The Hall–Kier alpha value is -7.24. The van der Waals surface area contributed by atoms with Crippen molar-refractivity contribution in [2.75, 3.05) is 0 Å². The first-order valence-electron chi connectivity index (χ1n) is 24.8. The Morgan fingerprint density at radius 1 is 0.614 bits per heavy atom. The molecule has 0 radical (unpaired) electrons. The Bertz CT molecular complexity index is 3710. The average Bonchev–Trinajstić information content (AvgIpc) is 3.89. The van der Waals surface area contributed by atoms with Crippen LogP contribution >= 0.6 is 0 Å². The van der Waals surface area contributed by atoms with Gasteiger partial charge in [-0.3, -0.25) is 13.7 Å². The first kappa shape index (κ1) is 23.0. The zero-order valence-corrected chi connectivity index (χ0v) is 31.1. The van der Waals surface area contributed by atoms with E-state index in [0.29, 0.717) is 22.6 Å². The van der Waals surface area contributed by atoms with Gasteiger partial charge in [-0.05, 0) is 81.7 Å². The van der Waals surface area contributed by atoms with Crippen molar-refractivity contribution in [3.8, 4) is 50.9 Å². The van der Waals surface area contributed by atoms with E-state index in [9.17, 15) is 1.37 Å². The van der Waals surface area contributed by atoms with E-state index in [1.807, 2.05) is 42.5 Å². The van der Waals surface area contributed by atoms with E-state index in [-0.39, 0.29) is 56.9 Å². The maximum absolute atomic E-state index is 9.25. The molecule has 0 saturated heterocycles. The summed E-state index contributed by atoms with van der Waals surface area (Å²) in [6.45, 7) is 6.41. The van der Waals surface area contributed by atoms with Crippen molar-refractivity contribution in [2.45, 2.75) is 26.2 Å². The maximum Gasteiger partial charge on any atom is 0.269 e. The van der Waals surface area contributed by atoms with Crippen molar-refractivity contribution in [3.05, 3.63) is 200 Å². The maximum atomic E-state index is 9.25. The number of fused-ring (bicyclic) bond motifs is 4. The number of pyridine rings is 1. The highest BCUT2D eigenvalue weighted by Gasteiger charge is 2.21. The molecule has 0 amide bonds. The van der Waals surface area contributed by atoms with Gasteiger partial charge in [0.05, 0.1) is 51.3 Å². The number of rotatable bonds is 7. The molecule has 0 aliphatic rings. The third-order valence-corrected chi connectivity index (χ3v) is 9.96. The van der Waals surface area contributed by atoms with Crippen LogP contribution in [-0.2, 0) is 5.41 Å². The molecule has 0 unspecified atom stereocenters. The van der Waals surface area contributed by atoms with Crippen LogP contribution in [-0.4, -0.2) is 14.1 Å². The molecule has 10 rings (SSSR count). The predicted octanol–water partition coefficient (Wildman–Crippen LogP) is 12.6. The zero-order chi connectivity index (χ0) is 49.8. The molecule has 0 atom stereocenters. The molecule has 5 nitrogen and oxygen atoms in total. The first-order chi connectivity index (χ1) is 33.3. The second-order valence-electron chi connectivity index (χ2n) is 14.5. The van der Waals surface area contributed by atoms with Crippen LogP contribution < -0.4 is 9.30 Å². The minimum atomic E-state index is -0.617. The number of benzene rings is 7. The highest BCUT2D eigenvalue weighted by atomic mass is 16.5. The molecule has 0 saturated carbocycles. The van der Waals surface area contributed by atoms with Crippen molar-refractivity contribution in [1.29, 1.82) is 0 Å². The molecule has 0 bridgehead atoms. The van der Waals surface area contributed by atoms with Gasteiger partial charge in [0.15, 0.2) is 0 Å². The van der Waals surface area contributed by atoms with Crippen molar-refractivity contribution in [2.24, 2.45) is 0 Å². The van der Waals surface area contributed by atoms with E-state index in [1.165, 1.54) is 33.4 Å². The Labute approximate surface area is 350 Å². The summed E-state index contributed by atoms with van der Waals surface area (Å²) in [6, 6.07) is 23.5. The number of imidazole rings is 1. The molecule has 0 aliphatic carbocycles. The van der Waals surface area contributed by atoms with Gasteiger partial charge in [-0.25, -0.2) is 4.98 Å². The van der Waals surface area contributed by atoms with Crippen LogP contribution in [0, 0.1) is 6.33 Å². The van der Waals surface area contributed by atoms with E-state index >= 15 is 0 Å². The quantitative estimate of drug-likeness (QED) is 0.120. The van der Waals surface area contributed by atoms with E-state index in [1.54, 1.807) is 36.5 Å². The minimum absolute atomic E-state index is 0.0481. The molecule has 0 N–H and O–H groups in total. The fraction of sp³-hybridized carbons (Fsp3) is 0.0769. The second kappa shape index (κ2) is 13.8. The van der Waals surface area contributed by atoms with Gasteiger partial charge in [0.25, 0.3) is 6.33 Å². The van der Waals surface area contributed by atoms with Gasteiger partial charge in [-0.1, -0.05) is 148 Å². The summed E-state index contributed by atoms with van der Waals surface area (Å²) in [5.41, 5.74) is 3.22. The molecule has 7 aromatic carbocycles. The van der Waals surface area contributed by atoms with Crippen LogP contribution in [0.1, 0.15) is 44.2 Å². The van der Waals surface area contributed by atoms with Crippen LogP contribution in [0.4, 0.5) is 0 Å². The lowest BCUT2D eigenvalue weighted by molar-refractivity contribution is -0.571. The fourth-order valence-corrected chi connectivity index (χ4v) is 7.28. The molecule has 5 heteroatoms. The summed E-state index contributed by atoms with van der Waals surface area (Å²) >= 11 is 0. The highest BCUT2D eigenvalue weighted by molar-refractivity contribution is 6.09. The van der Waals surface area contributed by atoms with Gasteiger partial charge in [0.2, 0.25) is 0 Å². The van der Waals surface area contributed by atoms with Crippen LogP contribution in [0.5, 0.6) is 11.5 Å². The third-order valence-electron chi connectivity index (χ3n) is 9.96. The van der Waals surface area contributed by atoms with Crippen LogP contribution in [0.2, 0.25) is 0 Å². The number of hydrogen-bond acceptors (Lipinski definition) is 2. The summed E-state index contributed by atoms with van der Waals surface area (Å²) in [7, 11) is 0. The molecule has 0 aliphatic heterocycles. The van der Waals surface area contributed by atoms with Gasteiger partial charge in [-0.2, -0.15) is 0 Å². The number of ether oxygens (including phenoxy) is 1. The first-order valence-corrected chi connectivity index (χ1v) is 18.3. The largest absolute Gasteiger partial charge is 0.458 e. The van der Waals surface area contributed by atoms with Crippen molar-refractivity contribution >= 4 is 32.8 Å². The molecule has 274 valence electrons. The third kappa shape index (κ3) is 6.14. The van der Waals surface area contributed by atoms with E-state index < -0.39 is 66.5 Å². The Balaban J connectivity index is 1.19. The van der Waals surface area contributed by atoms with E-state index in [4.69, 9.17) is 26.2 Å². The molecule has 3 aromatic heterocycles. The summed E-state index contributed by atoms with van der Waals surface area (Å²) < 4.78 is 126. The van der Waals surface area contributed by atoms with Gasteiger partial charge in [0, 0.05) is 23.0 Å². The fourth-order valence-electron chi connectivity index (χ4n) is 7.28. The van der Waals surface area contributed by atoms with Crippen molar-refractivity contribution in [3.63, 3.8) is 0 Å². The van der Waals surface area contributed by atoms with Gasteiger partial charge in [-0.15, -0.1) is 0 Å². The van der Waals surface area contributed by atoms with E-state index in [0.717, 1.165) is 27.4 Å². The SMILES string of the molecule is [2H]c1c(Oc2ccc3c4ccccc4n(-c4cc(C(C)(C)C)ccn4)c3c2)cc(-n2[c-][n+](-c3c(-c4c([2H])c([2H])c([2H])c([2H])c4[2H])cccc3-c3c([2H])c([2H])c([2H])c([2H])c3[2H])c3ccccc32)c([2H])c1[2H]. The summed E-state index contributed by atoms with van der Waals surface area (Å²) in [4.78, 5) is 4.78. The molecule has 0 spiro atoms. The van der Waals surface area contributed by atoms with Gasteiger partial charge >= 0.3 is 0 Å². The lowest BCUT2D eigenvalue weighted by Gasteiger charge is -2.20. The Morgan fingerprint density at radius 2 is 1.30 bits per heavy atom. The molecule has 57 heavy (non-hydrogen) atoms.